The van der Waals surface area contributed by atoms with Crippen LogP contribution in [0.5, 0.6) is 0 Å². The van der Waals surface area contributed by atoms with E-state index in [1.54, 1.807) is 0 Å². The van der Waals surface area contributed by atoms with Crippen molar-refractivity contribution in [2.45, 2.75) is 30.7 Å². The highest BCUT2D eigenvalue weighted by Crippen LogP contribution is 2.42. The molecule has 2 rings (SSSR count). The third-order valence-corrected chi connectivity index (χ3v) is 4.35. The molecule has 2 unspecified atom stereocenters. The van der Waals surface area contributed by atoms with Gasteiger partial charge in [0.05, 0.1) is 0 Å². The molecule has 0 N–H and O–H groups in total. The summed E-state index contributed by atoms with van der Waals surface area (Å²) in [6.07, 6.45) is 1.83. The van der Waals surface area contributed by atoms with Crippen molar-refractivity contribution in [3.63, 3.8) is 0 Å². The molecule has 0 spiro atoms. The van der Waals surface area contributed by atoms with Crippen LogP contribution in [0.25, 0.3) is 0 Å². The summed E-state index contributed by atoms with van der Waals surface area (Å²) in [6.45, 7) is 1.46. The Morgan fingerprint density at radius 1 is 1.44 bits per heavy atom. The van der Waals surface area contributed by atoms with E-state index in [4.69, 9.17) is 4.74 Å². The van der Waals surface area contributed by atoms with Gasteiger partial charge in [0, 0.05) is 15.3 Å². The SMILES string of the molecule is CC(=O)OC1CCC(Br)c2cc(I)ccc21. The molecule has 1 aromatic rings. The van der Waals surface area contributed by atoms with Gasteiger partial charge in [-0.1, -0.05) is 22.0 Å². The number of rotatable bonds is 1. The Kier molecular flexibility index (Phi) is 3.89. The molecule has 1 aromatic carbocycles. The van der Waals surface area contributed by atoms with Crippen LogP contribution < -0.4 is 0 Å². The Morgan fingerprint density at radius 3 is 2.88 bits per heavy atom. The summed E-state index contributed by atoms with van der Waals surface area (Å²) in [6, 6.07) is 6.28. The zero-order chi connectivity index (χ0) is 11.7. The number of alkyl halides is 1. The minimum atomic E-state index is -0.206. The van der Waals surface area contributed by atoms with Gasteiger partial charge in [0.25, 0.3) is 0 Å². The minimum Gasteiger partial charge on any atom is -0.458 e. The molecule has 1 aliphatic carbocycles. The number of benzene rings is 1. The first kappa shape index (κ1) is 12.4. The maximum Gasteiger partial charge on any atom is 0.303 e. The van der Waals surface area contributed by atoms with Crippen molar-refractivity contribution in [3.8, 4) is 0 Å². The topological polar surface area (TPSA) is 26.3 Å². The lowest BCUT2D eigenvalue weighted by Crippen LogP contribution is -2.16. The van der Waals surface area contributed by atoms with Crippen molar-refractivity contribution in [1.29, 1.82) is 0 Å². The molecule has 0 aromatic heterocycles. The van der Waals surface area contributed by atoms with Crippen molar-refractivity contribution < 1.29 is 9.53 Å². The molecule has 0 amide bonds. The van der Waals surface area contributed by atoms with Gasteiger partial charge < -0.3 is 4.74 Å². The normalized spacial score (nSPS) is 23.7. The van der Waals surface area contributed by atoms with Crippen molar-refractivity contribution in [2.24, 2.45) is 0 Å². The molecule has 0 bridgehead atoms. The van der Waals surface area contributed by atoms with Crippen molar-refractivity contribution in [1.82, 2.24) is 0 Å². The fourth-order valence-corrected chi connectivity index (χ4v) is 3.22. The third-order valence-electron chi connectivity index (χ3n) is 2.72. The third kappa shape index (κ3) is 2.59. The molecular formula is C12H12BrIO2. The zero-order valence-electron chi connectivity index (χ0n) is 8.87. The zero-order valence-corrected chi connectivity index (χ0v) is 12.6. The van der Waals surface area contributed by atoms with Gasteiger partial charge in [-0.15, -0.1) is 0 Å². The highest BCUT2D eigenvalue weighted by atomic mass is 127. The standard InChI is InChI=1S/C12H12BrIO2/c1-7(15)16-12-5-4-11(13)10-6-8(14)2-3-9(10)12/h2-3,6,11-12H,4-5H2,1H3. The van der Waals surface area contributed by atoms with E-state index < -0.39 is 0 Å². The summed E-state index contributed by atoms with van der Waals surface area (Å²) in [5.74, 6) is -0.206. The van der Waals surface area contributed by atoms with Crippen LogP contribution in [0.3, 0.4) is 0 Å². The number of fused-ring (bicyclic) bond motifs is 1. The van der Waals surface area contributed by atoms with Crippen LogP contribution in [0.15, 0.2) is 18.2 Å². The summed E-state index contributed by atoms with van der Waals surface area (Å²) >= 11 is 5.97. The van der Waals surface area contributed by atoms with Gasteiger partial charge in [-0.2, -0.15) is 0 Å². The lowest BCUT2D eigenvalue weighted by Gasteiger charge is -2.28. The van der Waals surface area contributed by atoms with E-state index in [1.165, 1.54) is 16.1 Å². The van der Waals surface area contributed by atoms with Crippen molar-refractivity contribution >= 4 is 44.5 Å². The van der Waals surface area contributed by atoms with Gasteiger partial charge in [0.2, 0.25) is 0 Å². The number of halogens is 2. The Morgan fingerprint density at radius 2 is 2.19 bits per heavy atom. The second kappa shape index (κ2) is 5.04. The lowest BCUT2D eigenvalue weighted by molar-refractivity contribution is -0.147. The van der Waals surface area contributed by atoms with E-state index in [2.05, 4.69) is 56.7 Å². The number of hydrogen-bond donors (Lipinski definition) is 0. The fraction of sp³-hybridized carbons (Fsp3) is 0.417. The quantitative estimate of drug-likeness (QED) is 0.406. The van der Waals surface area contributed by atoms with Crippen LogP contribution in [0.2, 0.25) is 0 Å². The average molecular weight is 395 g/mol. The van der Waals surface area contributed by atoms with Gasteiger partial charge in [-0.25, -0.2) is 0 Å². The molecule has 4 heteroatoms. The maximum atomic E-state index is 11.0. The summed E-state index contributed by atoms with van der Waals surface area (Å²) in [7, 11) is 0. The molecule has 0 aliphatic heterocycles. The summed E-state index contributed by atoms with van der Waals surface area (Å²) < 4.78 is 6.56. The second-order valence-electron chi connectivity index (χ2n) is 3.92. The molecule has 2 nitrogen and oxygen atoms in total. The van der Waals surface area contributed by atoms with Crippen molar-refractivity contribution in [2.75, 3.05) is 0 Å². The molecule has 0 saturated heterocycles. The van der Waals surface area contributed by atoms with Gasteiger partial charge in [0.15, 0.2) is 0 Å². The van der Waals surface area contributed by atoms with Crippen LogP contribution in [-0.2, 0) is 9.53 Å². The van der Waals surface area contributed by atoms with E-state index in [9.17, 15) is 4.79 Å². The summed E-state index contributed by atoms with van der Waals surface area (Å²) in [5.41, 5.74) is 2.40. The summed E-state index contributed by atoms with van der Waals surface area (Å²) in [5, 5.41) is 0. The van der Waals surface area contributed by atoms with Crippen molar-refractivity contribution in [3.05, 3.63) is 32.9 Å². The monoisotopic (exact) mass is 394 g/mol. The van der Waals surface area contributed by atoms with Gasteiger partial charge >= 0.3 is 5.97 Å². The van der Waals surface area contributed by atoms with Gasteiger partial charge in [-0.3, -0.25) is 4.79 Å². The molecule has 0 radical (unpaired) electrons. The lowest BCUT2D eigenvalue weighted by atomic mass is 9.89. The van der Waals surface area contributed by atoms with Crippen LogP contribution in [0.4, 0.5) is 0 Å². The minimum absolute atomic E-state index is 0.0710. The molecular weight excluding hydrogens is 383 g/mol. The molecule has 0 saturated carbocycles. The first-order chi connectivity index (χ1) is 7.58. The van der Waals surface area contributed by atoms with E-state index in [1.807, 2.05) is 0 Å². The first-order valence-corrected chi connectivity index (χ1v) is 7.18. The van der Waals surface area contributed by atoms with Gasteiger partial charge in [-0.05, 0) is 58.7 Å². The van der Waals surface area contributed by atoms with E-state index in [0.717, 1.165) is 18.4 Å². The molecule has 1 aliphatic rings. The van der Waals surface area contributed by atoms with E-state index in [0.29, 0.717) is 4.83 Å². The Hall–Kier alpha value is -0.100. The number of carbonyl (C=O) groups excluding carboxylic acids is 1. The van der Waals surface area contributed by atoms with Crippen LogP contribution in [0.1, 0.15) is 41.8 Å². The Balaban J connectivity index is 2.36. The van der Waals surface area contributed by atoms with Gasteiger partial charge in [0.1, 0.15) is 6.10 Å². The maximum absolute atomic E-state index is 11.0. The van der Waals surface area contributed by atoms with Crippen LogP contribution >= 0.6 is 38.5 Å². The average Bonchev–Trinajstić information content (AvgIpc) is 2.22. The highest BCUT2D eigenvalue weighted by molar-refractivity contribution is 14.1. The van der Waals surface area contributed by atoms with Crippen LogP contribution in [-0.4, -0.2) is 5.97 Å². The number of hydrogen-bond acceptors (Lipinski definition) is 2. The summed E-state index contributed by atoms with van der Waals surface area (Å²) in [4.78, 5) is 11.4. The number of carbonyl (C=O) groups is 1. The Bertz CT molecular complexity index is 419. The predicted octanol–water partition coefficient (Wildman–Crippen LogP) is 4.13. The number of ether oxygens (including phenoxy) is 1. The first-order valence-electron chi connectivity index (χ1n) is 5.18. The second-order valence-corrected chi connectivity index (χ2v) is 6.27. The van der Waals surface area contributed by atoms with Crippen LogP contribution in [0, 0.1) is 3.57 Å². The largest absolute Gasteiger partial charge is 0.458 e. The molecule has 86 valence electrons. The smallest absolute Gasteiger partial charge is 0.303 e. The highest BCUT2D eigenvalue weighted by Gasteiger charge is 2.27. The molecule has 0 fully saturated rings. The molecule has 0 heterocycles. The van der Waals surface area contributed by atoms with E-state index >= 15 is 0 Å². The van der Waals surface area contributed by atoms with E-state index in [-0.39, 0.29) is 12.1 Å². The Labute approximate surface area is 117 Å². The number of esters is 1. The molecule has 2 atom stereocenters. The predicted molar refractivity (Wildman–Crippen MR) is 74.6 cm³/mol. The molecule has 16 heavy (non-hydrogen) atoms. The fourth-order valence-electron chi connectivity index (χ4n) is 2.04.